The summed E-state index contributed by atoms with van der Waals surface area (Å²) in [6, 6.07) is 8.71. The normalized spacial score (nSPS) is 18.3. The first kappa shape index (κ1) is 35.8. The molecule has 0 spiro atoms. The Morgan fingerprint density at radius 1 is 1.05 bits per heavy atom. The first-order valence-electron chi connectivity index (χ1n) is 15.3. The van der Waals surface area contributed by atoms with Gasteiger partial charge in [0.25, 0.3) is 0 Å². The third-order valence-corrected chi connectivity index (χ3v) is 8.77. The smallest absolute Gasteiger partial charge is 0.246 e. The van der Waals surface area contributed by atoms with Crippen LogP contribution in [0.3, 0.4) is 0 Å². The van der Waals surface area contributed by atoms with Crippen molar-refractivity contribution in [2.24, 2.45) is 11.1 Å². The van der Waals surface area contributed by atoms with Crippen molar-refractivity contribution in [3.8, 4) is 10.4 Å². The number of rotatable bonds is 17. The van der Waals surface area contributed by atoms with Crippen LogP contribution in [-0.4, -0.2) is 98.5 Å². The Kier molecular flexibility index (Phi) is 13.9. The summed E-state index contributed by atoms with van der Waals surface area (Å²) < 4.78 is 16.0. The number of ketones is 1. The topological polar surface area (TPSA) is 140 Å². The van der Waals surface area contributed by atoms with Gasteiger partial charge in [-0.3, -0.25) is 14.4 Å². The standard InChI is InChI=1S/C33H49N3O7S/c1-22-10-17-44-30(22)25-8-6-24(7-9-25)23(2)18-28(38)27-19-26(37)20-36(27)32(40)31(33(3,4)5)35-29(39)21-43-16-15-42-14-13-41-12-11-34/h6-10,17,23,26-27,31,37H,11-16,18-21,34H2,1-5H3,(H,35,39)/t23-,26-,27+,31-/m1/s1. The van der Waals surface area contributed by atoms with Crippen LogP contribution in [-0.2, 0) is 28.6 Å². The van der Waals surface area contributed by atoms with E-state index in [1.807, 2.05) is 27.7 Å². The lowest BCUT2D eigenvalue weighted by Gasteiger charge is -2.35. The minimum atomic E-state index is -0.902. The molecule has 4 N–H and O–H groups in total. The number of benzene rings is 1. The van der Waals surface area contributed by atoms with E-state index in [2.05, 4.69) is 48.0 Å². The van der Waals surface area contributed by atoms with Gasteiger partial charge in [-0.2, -0.15) is 0 Å². The summed E-state index contributed by atoms with van der Waals surface area (Å²) in [5.41, 5.74) is 8.14. The highest BCUT2D eigenvalue weighted by atomic mass is 32.1. The van der Waals surface area contributed by atoms with Crippen LogP contribution >= 0.6 is 11.3 Å². The molecular formula is C33H49N3O7S. The number of aliphatic hydroxyl groups excluding tert-OH is 1. The van der Waals surface area contributed by atoms with Gasteiger partial charge in [0, 0.05) is 30.8 Å². The summed E-state index contributed by atoms with van der Waals surface area (Å²) in [4.78, 5) is 42.8. The van der Waals surface area contributed by atoms with Gasteiger partial charge in [-0.05, 0) is 46.4 Å². The highest BCUT2D eigenvalue weighted by Crippen LogP contribution is 2.32. The van der Waals surface area contributed by atoms with Crippen LogP contribution in [0.5, 0.6) is 0 Å². The van der Waals surface area contributed by atoms with Gasteiger partial charge in [-0.25, -0.2) is 0 Å². The molecule has 44 heavy (non-hydrogen) atoms. The molecule has 4 atom stereocenters. The van der Waals surface area contributed by atoms with Crippen molar-refractivity contribution in [2.75, 3.05) is 52.7 Å². The number of aliphatic hydroxyl groups is 1. The lowest BCUT2D eigenvalue weighted by atomic mass is 9.85. The number of amides is 2. The summed E-state index contributed by atoms with van der Waals surface area (Å²) in [5.74, 6) is -0.989. The molecule has 0 aliphatic carbocycles. The van der Waals surface area contributed by atoms with Gasteiger partial charge < -0.3 is 35.3 Å². The summed E-state index contributed by atoms with van der Waals surface area (Å²) in [7, 11) is 0. The Balaban J connectivity index is 1.56. The van der Waals surface area contributed by atoms with Crippen LogP contribution in [0.25, 0.3) is 10.4 Å². The number of aryl methyl sites for hydroxylation is 1. The van der Waals surface area contributed by atoms with Gasteiger partial charge in [-0.1, -0.05) is 52.0 Å². The van der Waals surface area contributed by atoms with Crippen LogP contribution in [0.1, 0.15) is 57.6 Å². The first-order chi connectivity index (χ1) is 20.9. The number of nitrogens with two attached hydrogens (primary N) is 1. The molecule has 10 nitrogen and oxygen atoms in total. The zero-order chi connectivity index (χ0) is 32.3. The predicted octanol–water partition coefficient (Wildman–Crippen LogP) is 3.29. The lowest BCUT2D eigenvalue weighted by molar-refractivity contribution is -0.144. The number of β-amino-alcohol motifs (C(OH)–C–C–N with tert-alkyl or cyclic N) is 1. The molecule has 3 rings (SSSR count). The average molecular weight is 632 g/mol. The van der Waals surface area contributed by atoms with E-state index in [0.717, 1.165) is 11.1 Å². The maximum absolute atomic E-state index is 13.8. The summed E-state index contributed by atoms with van der Waals surface area (Å²) >= 11 is 1.70. The van der Waals surface area contributed by atoms with Crippen molar-refractivity contribution in [1.29, 1.82) is 0 Å². The molecule has 2 heterocycles. The van der Waals surface area contributed by atoms with Crippen LogP contribution in [0.4, 0.5) is 0 Å². The minimum Gasteiger partial charge on any atom is -0.391 e. The van der Waals surface area contributed by atoms with Gasteiger partial charge in [0.15, 0.2) is 5.78 Å². The Bertz CT molecular complexity index is 1210. The predicted molar refractivity (Wildman–Crippen MR) is 172 cm³/mol. The van der Waals surface area contributed by atoms with Gasteiger partial charge in [0.05, 0.1) is 45.2 Å². The Morgan fingerprint density at radius 3 is 2.27 bits per heavy atom. The summed E-state index contributed by atoms with van der Waals surface area (Å²) in [6.45, 7) is 11.7. The SMILES string of the molecule is Cc1ccsc1-c1ccc([C@H](C)CC(=O)[C@@H]2C[C@@H](O)CN2C(=O)[C@@H](NC(=O)COCCOCCOCCN)C(C)(C)C)cc1. The molecule has 1 fully saturated rings. The fourth-order valence-corrected chi connectivity index (χ4v) is 6.19. The molecule has 0 radical (unpaired) electrons. The fraction of sp³-hybridized carbons (Fsp3) is 0.606. The number of thiophene rings is 1. The van der Waals surface area contributed by atoms with Crippen LogP contribution in [0, 0.1) is 12.3 Å². The first-order valence-corrected chi connectivity index (χ1v) is 16.2. The Labute approximate surface area is 265 Å². The van der Waals surface area contributed by atoms with Crippen LogP contribution < -0.4 is 11.1 Å². The van der Waals surface area contributed by atoms with Gasteiger partial charge in [0.2, 0.25) is 11.8 Å². The zero-order valence-electron chi connectivity index (χ0n) is 26.7. The number of carbonyl (C=O) groups excluding carboxylic acids is 3. The van der Waals surface area contributed by atoms with Crippen molar-refractivity contribution in [2.45, 2.75) is 71.6 Å². The molecule has 0 unspecified atom stereocenters. The van der Waals surface area contributed by atoms with Gasteiger partial charge in [-0.15, -0.1) is 11.3 Å². The molecule has 244 valence electrons. The molecule has 1 aromatic carbocycles. The largest absolute Gasteiger partial charge is 0.391 e. The van der Waals surface area contributed by atoms with Gasteiger partial charge >= 0.3 is 0 Å². The quantitative estimate of drug-likeness (QED) is 0.226. The zero-order valence-corrected chi connectivity index (χ0v) is 27.5. The molecule has 1 aromatic heterocycles. The number of ether oxygens (including phenoxy) is 3. The van der Waals surface area contributed by atoms with Gasteiger partial charge in [0.1, 0.15) is 12.6 Å². The van der Waals surface area contributed by atoms with Crippen molar-refractivity contribution >= 4 is 28.9 Å². The minimum absolute atomic E-state index is 0.0454. The van der Waals surface area contributed by atoms with Crippen LogP contribution in [0.2, 0.25) is 0 Å². The van der Waals surface area contributed by atoms with Crippen LogP contribution in [0.15, 0.2) is 35.7 Å². The van der Waals surface area contributed by atoms with Crippen molar-refractivity contribution in [1.82, 2.24) is 10.2 Å². The second kappa shape index (κ2) is 17.1. The van der Waals surface area contributed by atoms with E-state index in [1.165, 1.54) is 15.3 Å². The second-order valence-electron chi connectivity index (χ2n) is 12.5. The highest BCUT2D eigenvalue weighted by Gasteiger charge is 2.44. The number of hydrogen-bond acceptors (Lipinski definition) is 9. The Morgan fingerprint density at radius 2 is 1.68 bits per heavy atom. The molecule has 2 amide bonds. The van der Waals surface area contributed by atoms with E-state index in [1.54, 1.807) is 11.3 Å². The molecule has 2 aromatic rings. The summed E-state index contributed by atoms with van der Waals surface area (Å²) in [6.07, 6.45) is -0.393. The highest BCUT2D eigenvalue weighted by molar-refractivity contribution is 7.13. The number of likely N-dealkylation sites (tertiary alicyclic amines) is 1. The average Bonchev–Trinajstić information content (AvgIpc) is 3.59. The monoisotopic (exact) mass is 631 g/mol. The number of nitrogens with one attached hydrogen (secondary N) is 1. The van der Waals surface area contributed by atoms with E-state index in [9.17, 15) is 19.5 Å². The summed E-state index contributed by atoms with van der Waals surface area (Å²) in [5, 5.41) is 15.4. The second-order valence-corrected chi connectivity index (χ2v) is 13.4. The van der Waals surface area contributed by atoms with E-state index in [0.29, 0.717) is 33.0 Å². The molecule has 1 saturated heterocycles. The Hall–Kier alpha value is -2.67. The van der Waals surface area contributed by atoms with E-state index in [4.69, 9.17) is 19.9 Å². The maximum atomic E-state index is 13.8. The lowest BCUT2D eigenvalue weighted by Crippen LogP contribution is -2.57. The maximum Gasteiger partial charge on any atom is 0.246 e. The number of nitrogens with zero attached hydrogens (tertiary/aromatic N) is 1. The third kappa shape index (κ3) is 10.5. The molecule has 1 aliphatic rings. The number of Topliss-reactive ketones (excluding diaryl/α,β-unsaturated/α-hetero) is 1. The van der Waals surface area contributed by atoms with E-state index >= 15 is 0 Å². The van der Waals surface area contributed by atoms with Crippen molar-refractivity contribution < 1.29 is 33.7 Å². The molecule has 1 aliphatic heterocycles. The van der Waals surface area contributed by atoms with Crippen molar-refractivity contribution in [3.63, 3.8) is 0 Å². The fourth-order valence-electron chi connectivity index (χ4n) is 5.25. The molecule has 11 heteroatoms. The van der Waals surface area contributed by atoms with E-state index in [-0.39, 0.29) is 50.2 Å². The van der Waals surface area contributed by atoms with E-state index < -0.39 is 29.5 Å². The molecular weight excluding hydrogens is 582 g/mol. The molecule has 0 saturated carbocycles. The molecule has 0 bridgehead atoms. The number of carbonyl (C=O) groups is 3. The number of hydrogen-bond donors (Lipinski definition) is 3. The van der Waals surface area contributed by atoms with Crippen molar-refractivity contribution in [3.05, 3.63) is 46.8 Å². The third-order valence-electron chi connectivity index (χ3n) is 7.70.